The molecule has 0 amide bonds. The zero-order valence-electron chi connectivity index (χ0n) is 11.7. The summed E-state index contributed by atoms with van der Waals surface area (Å²) in [6.07, 6.45) is 7.59. The normalized spacial score (nSPS) is 16.6. The molecule has 0 saturated heterocycles. The number of hydrogen-bond donors (Lipinski definition) is 0. The van der Waals surface area contributed by atoms with Gasteiger partial charge < -0.3 is 0 Å². The lowest BCUT2D eigenvalue weighted by molar-refractivity contribution is 0.331. The smallest absolute Gasteiger partial charge is 0.252 e. The number of rotatable bonds is 2. The molecule has 2 aromatic heterocycles. The zero-order chi connectivity index (χ0) is 14.1. The van der Waals surface area contributed by atoms with E-state index in [1.165, 1.54) is 15.4 Å². The Hall–Kier alpha value is -1.91. The first-order chi connectivity index (χ1) is 9.72. The fourth-order valence-electron chi connectivity index (χ4n) is 3.10. The van der Waals surface area contributed by atoms with E-state index in [0.29, 0.717) is 5.65 Å². The Labute approximate surface area is 116 Å². The van der Waals surface area contributed by atoms with Gasteiger partial charge in [0.2, 0.25) is 0 Å². The van der Waals surface area contributed by atoms with Crippen LogP contribution < -0.4 is 11.4 Å². The van der Waals surface area contributed by atoms with Gasteiger partial charge in [-0.05, 0) is 30.9 Å². The molecular formula is C15H19N3O2. The van der Waals surface area contributed by atoms with Crippen LogP contribution in [0.15, 0.2) is 27.9 Å². The van der Waals surface area contributed by atoms with Gasteiger partial charge in [-0.15, -0.1) is 0 Å². The van der Waals surface area contributed by atoms with Gasteiger partial charge in [-0.2, -0.15) is 4.98 Å². The summed E-state index contributed by atoms with van der Waals surface area (Å²) in [5.74, 6) is 0. The highest BCUT2D eigenvalue weighted by Gasteiger charge is 2.20. The van der Waals surface area contributed by atoms with Crippen LogP contribution in [0.1, 0.15) is 50.6 Å². The fourth-order valence-corrected chi connectivity index (χ4v) is 3.10. The average Bonchev–Trinajstić information content (AvgIpc) is 2.48. The molecule has 1 saturated carbocycles. The fraction of sp³-hybridized carbons (Fsp3) is 0.533. The van der Waals surface area contributed by atoms with Crippen LogP contribution in [-0.2, 0) is 6.42 Å². The molecule has 2 aromatic rings. The van der Waals surface area contributed by atoms with Crippen LogP contribution in [0.25, 0.3) is 5.65 Å². The number of aromatic nitrogens is 3. The van der Waals surface area contributed by atoms with Crippen LogP contribution in [0, 0.1) is 0 Å². The van der Waals surface area contributed by atoms with E-state index in [-0.39, 0.29) is 11.7 Å². The van der Waals surface area contributed by atoms with E-state index in [9.17, 15) is 9.59 Å². The molecule has 0 bridgehead atoms. The molecule has 2 heterocycles. The van der Waals surface area contributed by atoms with Crippen molar-refractivity contribution in [3.8, 4) is 0 Å². The minimum absolute atomic E-state index is 0.0124. The van der Waals surface area contributed by atoms with Crippen molar-refractivity contribution in [3.05, 3.63) is 44.9 Å². The maximum Gasteiger partial charge on any atom is 0.353 e. The number of fused-ring (bicyclic) bond motifs is 1. The summed E-state index contributed by atoms with van der Waals surface area (Å²) >= 11 is 0. The molecule has 3 rings (SSSR count). The lowest BCUT2D eigenvalue weighted by Gasteiger charge is -2.22. The molecule has 5 nitrogen and oxygen atoms in total. The summed E-state index contributed by atoms with van der Waals surface area (Å²) in [6.45, 7) is 1.99. The molecule has 5 heteroatoms. The predicted molar refractivity (Wildman–Crippen MR) is 77.2 cm³/mol. The molecule has 106 valence electrons. The van der Waals surface area contributed by atoms with Crippen LogP contribution in [0.5, 0.6) is 0 Å². The number of nitrogens with zero attached hydrogens (tertiary/aromatic N) is 3. The van der Waals surface area contributed by atoms with Gasteiger partial charge in [0.1, 0.15) is 5.65 Å². The number of pyridine rings is 1. The van der Waals surface area contributed by atoms with Gasteiger partial charge in [0.25, 0.3) is 0 Å². The van der Waals surface area contributed by atoms with Crippen molar-refractivity contribution in [2.75, 3.05) is 0 Å². The van der Waals surface area contributed by atoms with Gasteiger partial charge in [-0.1, -0.05) is 32.3 Å². The van der Waals surface area contributed by atoms with E-state index < -0.39 is 5.69 Å². The number of hydrogen-bond acceptors (Lipinski definition) is 3. The molecule has 0 atom stereocenters. The van der Waals surface area contributed by atoms with E-state index in [1.54, 1.807) is 6.20 Å². The molecule has 0 unspecified atom stereocenters. The molecule has 20 heavy (non-hydrogen) atoms. The molecule has 0 N–H and O–H groups in total. The second-order valence-corrected chi connectivity index (χ2v) is 5.42. The molecule has 0 aliphatic heterocycles. The maximum absolute atomic E-state index is 12.6. The van der Waals surface area contributed by atoms with Crippen LogP contribution in [0.4, 0.5) is 0 Å². The lowest BCUT2D eigenvalue weighted by Crippen LogP contribution is -2.42. The highest BCUT2D eigenvalue weighted by molar-refractivity contribution is 5.46. The molecule has 1 aliphatic carbocycles. The Balaban J connectivity index is 2.24. The Bertz CT molecular complexity index is 739. The topological polar surface area (TPSA) is 56.4 Å². The monoisotopic (exact) mass is 273 g/mol. The summed E-state index contributed by atoms with van der Waals surface area (Å²) in [5, 5.41) is 0. The lowest BCUT2D eigenvalue weighted by atomic mass is 9.95. The van der Waals surface area contributed by atoms with E-state index in [4.69, 9.17) is 0 Å². The van der Waals surface area contributed by atoms with Crippen LogP contribution in [-0.4, -0.2) is 14.0 Å². The third-order valence-electron chi connectivity index (χ3n) is 4.19. The second-order valence-electron chi connectivity index (χ2n) is 5.42. The maximum atomic E-state index is 12.6. The van der Waals surface area contributed by atoms with Gasteiger partial charge in [0.05, 0.1) is 0 Å². The van der Waals surface area contributed by atoms with Crippen LogP contribution >= 0.6 is 0 Å². The van der Waals surface area contributed by atoms with Crippen LogP contribution in [0.2, 0.25) is 0 Å². The molecule has 1 aliphatic rings. The van der Waals surface area contributed by atoms with Crippen molar-refractivity contribution in [2.24, 2.45) is 0 Å². The van der Waals surface area contributed by atoms with Gasteiger partial charge in [-0.25, -0.2) is 14.2 Å². The molecule has 0 radical (unpaired) electrons. The molecule has 0 aromatic carbocycles. The summed E-state index contributed by atoms with van der Waals surface area (Å²) in [4.78, 5) is 29.0. The van der Waals surface area contributed by atoms with E-state index in [2.05, 4.69) is 4.98 Å². The summed E-state index contributed by atoms with van der Waals surface area (Å²) < 4.78 is 2.86. The van der Waals surface area contributed by atoms with Crippen molar-refractivity contribution < 1.29 is 0 Å². The first kappa shape index (κ1) is 13.1. The second kappa shape index (κ2) is 5.23. The largest absolute Gasteiger partial charge is 0.353 e. The first-order valence-corrected chi connectivity index (χ1v) is 7.35. The summed E-state index contributed by atoms with van der Waals surface area (Å²) in [5.41, 5.74) is 0.777. The Morgan fingerprint density at radius 1 is 1.25 bits per heavy atom. The first-order valence-electron chi connectivity index (χ1n) is 7.35. The van der Waals surface area contributed by atoms with Crippen molar-refractivity contribution in [3.63, 3.8) is 0 Å². The van der Waals surface area contributed by atoms with Crippen LogP contribution in [0.3, 0.4) is 0 Å². The van der Waals surface area contributed by atoms with Crippen molar-refractivity contribution in [1.82, 2.24) is 14.0 Å². The molecule has 1 fully saturated rings. The Kier molecular flexibility index (Phi) is 3.42. The predicted octanol–water partition coefficient (Wildman–Crippen LogP) is 1.92. The van der Waals surface area contributed by atoms with E-state index in [1.807, 2.05) is 19.1 Å². The summed E-state index contributed by atoms with van der Waals surface area (Å²) in [6, 6.07) is 3.76. The van der Waals surface area contributed by atoms with Gasteiger partial charge in [0.15, 0.2) is 0 Å². The SMILES string of the molecule is CCc1cccn2c(=O)n(C3CCCCC3)c(=O)nc12. The minimum atomic E-state index is -0.400. The zero-order valence-corrected chi connectivity index (χ0v) is 11.7. The standard InChI is InChI=1S/C15H19N3O2/c1-2-11-7-6-10-17-13(11)16-14(19)18(15(17)20)12-8-4-3-5-9-12/h6-7,10,12H,2-5,8-9H2,1H3. The van der Waals surface area contributed by atoms with Gasteiger partial charge >= 0.3 is 11.4 Å². The number of aryl methyl sites for hydroxylation is 1. The third kappa shape index (κ3) is 2.07. The highest BCUT2D eigenvalue weighted by atomic mass is 16.2. The Morgan fingerprint density at radius 2 is 2.00 bits per heavy atom. The quantitative estimate of drug-likeness (QED) is 0.840. The minimum Gasteiger partial charge on any atom is -0.252 e. The third-order valence-corrected chi connectivity index (χ3v) is 4.19. The summed E-state index contributed by atoms with van der Waals surface area (Å²) in [7, 11) is 0. The van der Waals surface area contributed by atoms with Gasteiger partial charge in [0, 0.05) is 12.2 Å². The molecular weight excluding hydrogens is 254 g/mol. The highest BCUT2D eigenvalue weighted by Crippen LogP contribution is 2.25. The average molecular weight is 273 g/mol. The Morgan fingerprint density at radius 3 is 2.70 bits per heavy atom. The van der Waals surface area contributed by atoms with Crippen molar-refractivity contribution >= 4 is 5.65 Å². The van der Waals surface area contributed by atoms with Gasteiger partial charge in [-0.3, -0.25) is 4.40 Å². The van der Waals surface area contributed by atoms with E-state index in [0.717, 1.165) is 37.7 Å². The van der Waals surface area contributed by atoms with Crippen molar-refractivity contribution in [1.29, 1.82) is 0 Å². The van der Waals surface area contributed by atoms with Crippen molar-refractivity contribution in [2.45, 2.75) is 51.5 Å². The molecule has 0 spiro atoms. The van der Waals surface area contributed by atoms with E-state index >= 15 is 0 Å².